The van der Waals surface area contributed by atoms with Crippen molar-refractivity contribution >= 4 is 23.2 Å². The van der Waals surface area contributed by atoms with Gasteiger partial charge in [0.1, 0.15) is 0 Å². The lowest BCUT2D eigenvalue weighted by molar-refractivity contribution is -0.127. The standard InChI is InChI=1S/C20H29N3O2S/c24-19(21-16-9-11-22(14-16)17-6-1-2-7-17)15-5-3-10-23(13-15)20(25)18-8-4-12-26-18/h4,8,12,15-17H,1-3,5-7,9-11,13-14H2,(H,21,24)/t15-,16+/m0/s1. The fourth-order valence-corrected chi connectivity index (χ4v) is 5.45. The van der Waals surface area contributed by atoms with Crippen molar-refractivity contribution in [3.63, 3.8) is 0 Å². The second kappa shape index (κ2) is 8.09. The number of nitrogens with one attached hydrogen (secondary N) is 1. The molecule has 6 heteroatoms. The third-order valence-corrected chi connectivity index (χ3v) is 7.08. The smallest absolute Gasteiger partial charge is 0.263 e. The third kappa shape index (κ3) is 3.96. The lowest BCUT2D eigenvalue weighted by atomic mass is 9.96. The maximum Gasteiger partial charge on any atom is 0.263 e. The van der Waals surface area contributed by atoms with Gasteiger partial charge in [-0.1, -0.05) is 18.9 Å². The molecule has 3 aliphatic rings. The van der Waals surface area contributed by atoms with Crippen LogP contribution in [0.2, 0.25) is 0 Å². The quantitative estimate of drug-likeness (QED) is 0.880. The molecule has 1 saturated carbocycles. The number of rotatable bonds is 4. The SMILES string of the molecule is O=C(N[C@@H]1CCN(C2CCCC2)C1)[C@H]1CCCN(C(=O)c2cccs2)C1. The van der Waals surface area contributed by atoms with Crippen LogP contribution in [-0.4, -0.2) is 59.9 Å². The Balaban J connectivity index is 1.28. The van der Waals surface area contributed by atoms with E-state index in [1.54, 1.807) is 0 Å². The zero-order valence-corrected chi connectivity index (χ0v) is 16.2. The summed E-state index contributed by atoms with van der Waals surface area (Å²) in [5, 5.41) is 5.21. The average molecular weight is 376 g/mol. The minimum absolute atomic E-state index is 0.0619. The summed E-state index contributed by atoms with van der Waals surface area (Å²) in [5.74, 6) is 0.158. The van der Waals surface area contributed by atoms with Gasteiger partial charge in [0, 0.05) is 38.3 Å². The molecule has 0 bridgehead atoms. The Morgan fingerprint density at radius 2 is 1.88 bits per heavy atom. The number of piperidine rings is 1. The van der Waals surface area contributed by atoms with Gasteiger partial charge in [0.15, 0.2) is 0 Å². The van der Waals surface area contributed by atoms with E-state index in [0.717, 1.165) is 49.8 Å². The molecule has 142 valence electrons. The average Bonchev–Trinajstić information content (AvgIpc) is 3.42. The first kappa shape index (κ1) is 18.0. The van der Waals surface area contributed by atoms with Crippen LogP contribution in [0.1, 0.15) is 54.6 Å². The first-order chi connectivity index (χ1) is 12.7. The Hall–Kier alpha value is -1.40. The highest BCUT2D eigenvalue weighted by molar-refractivity contribution is 7.12. The van der Waals surface area contributed by atoms with E-state index in [0.29, 0.717) is 6.54 Å². The molecule has 4 rings (SSSR count). The zero-order chi connectivity index (χ0) is 17.9. The van der Waals surface area contributed by atoms with Crippen molar-refractivity contribution in [3.05, 3.63) is 22.4 Å². The number of carbonyl (C=O) groups excluding carboxylic acids is 2. The van der Waals surface area contributed by atoms with E-state index < -0.39 is 0 Å². The summed E-state index contributed by atoms with van der Waals surface area (Å²) in [4.78, 5) is 30.5. The van der Waals surface area contributed by atoms with Crippen molar-refractivity contribution in [1.29, 1.82) is 0 Å². The lowest BCUT2D eigenvalue weighted by Gasteiger charge is -2.32. The largest absolute Gasteiger partial charge is 0.352 e. The van der Waals surface area contributed by atoms with E-state index in [9.17, 15) is 9.59 Å². The van der Waals surface area contributed by atoms with Gasteiger partial charge < -0.3 is 10.2 Å². The molecule has 26 heavy (non-hydrogen) atoms. The minimum atomic E-state index is -0.0619. The fourth-order valence-electron chi connectivity index (χ4n) is 4.76. The number of nitrogens with zero attached hydrogens (tertiary/aromatic N) is 2. The van der Waals surface area contributed by atoms with Gasteiger partial charge in [-0.2, -0.15) is 0 Å². The molecule has 1 N–H and O–H groups in total. The van der Waals surface area contributed by atoms with Gasteiger partial charge in [-0.3, -0.25) is 14.5 Å². The van der Waals surface area contributed by atoms with Crippen LogP contribution in [0.25, 0.3) is 0 Å². The summed E-state index contributed by atoms with van der Waals surface area (Å²) >= 11 is 1.48. The fraction of sp³-hybridized carbons (Fsp3) is 0.700. The van der Waals surface area contributed by atoms with Crippen LogP contribution in [0, 0.1) is 5.92 Å². The van der Waals surface area contributed by atoms with Crippen LogP contribution in [0.5, 0.6) is 0 Å². The molecular weight excluding hydrogens is 346 g/mol. The second-order valence-corrected chi connectivity index (χ2v) is 8.94. The maximum atomic E-state index is 12.8. The predicted octanol–water partition coefficient (Wildman–Crippen LogP) is 2.73. The van der Waals surface area contributed by atoms with Crippen LogP contribution < -0.4 is 5.32 Å². The van der Waals surface area contributed by atoms with E-state index in [1.165, 1.54) is 37.0 Å². The molecule has 2 atom stereocenters. The molecule has 1 aliphatic carbocycles. The van der Waals surface area contributed by atoms with Gasteiger partial charge in [0.25, 0.3) is 5.91 Å². The molecule has 0 aromatic carbocycles. The summed E-state index contributed by atoms with van der Waals surface area (Å²) in [6, 6.07) is 4.80. The van der Waals surface area contributed by atoms with Gasteiger partial charge >= 0.3 is 0 Å². The van der Waals surface area contributed by atoms with E-state index in [1.807, 2.05) is 22.4 Å². The van der Waals surface area contributed by atoms with Crippen molar-refractivity contribution in [1.82, 2.24) is 15.1 Å². The van der Waals surface area contributed by atoms with Gasteiger partial charge in [0.2, 0.25) is 5.91 Å². The number of carbonyl (C=O) groups is 2. The lowest BCUT2D eigenvalue weighted by Crippen LogP contribution is -2.48. The topological polar surface area (TPSA) is 52.7 Å². The molecular formula is C20H29N3O2S. The zero-order valence-electron chi connectivity index (χ0n) is 15.4. The Labute approximate surface area is 159 Å². The molecule has 1 aromatic heterocycles. The molecule has 0 unspecified atom stereocenters. The highest BCUT2D eigenvalue weighted by Gasteiger charge is 2.34. The van der Waals surface area contributed by atoms with E-state index in [-0.39, 0.29) is 23.8 Å². The molecule has 3 fully saturated rings. The van der Waals surface area contributed by atoms with Gasteiger partial charge in [-0.05, 0) is 43.6 Å². The second-order valence-electron chi connectivity index (χ2n) is 8.00. The summed E-state index contributed by atoms with van der Waals surface area (Å²) in [6.45, 7) is 3.44. The van der Waals surface area contributed by atoms with E-state index in [2.05, 4.69) is 10.2 Å². The van der Waals surface area contributed by atoms with Crippen molar-refractivity contribution < 1.29 is 9.59 Å². The molecule has 2 amide bonds. The number of amides is 2. The summed E-state index contributed by atoms with van der Waals surface area (Å²) < 4.78 is 0. The normalized spacial score (nSPS) is 27.8. The molecule has 2 saturated heterocycles. The van der Waals surface area contributed by atoms with Crippen molar-refractivity contribution in [3.8, 4) is 0 Å². The molecule has 0 spiro atoms. The molecule has 2 aliphatic heterocycles. The monoisotopic (exact) mass is 375 g/mol. The number of thiophene rings is 1. The highest BCUT2D eigenvalue weighted by atomic mass is 32.1. The van der Waals surface area contributed by atoms with Gasteiger partial charge in [-0.15, -0.1) is 11.3 Å². The van der Waals surface area contributed by atoms with Crippen LogP contribution in [0.3, 0.4) is 0 Å². The van der Waals surface area contributed by atoms with Crippen molar-refractivity contribution in [2.75, 3.05) is 26.2 Å². The van der Waals surface area contributed by atoms with Crippen LogP contribution in [0.15, 0.2) is 17.5 Å². The molecule has 3 heterocycles. The molecule has 0 radical (unpaired) electrons. The number of hydrogen-bond acceptors (Lipinski definition) is 4. The number of hydrogen-bond donors (Lipinski definition) is 1. The van der Waals surface area contributed by atoms with Crippen LogP contribution in [-0.2, 0) is 4.79 Å². The van der Waals surface area contributed by atoms with Crippen LogP contribution >= 0.6 is 11.3 Å². The first-order valence-corrected chi connectivity index (χ1v) is 11.0. The first-order valence-electron chi connectivity index (χ1n) is 10.1. The Morgan fingerprint density at radius 1 is 1.04 bits per heavy atom. The van der Waals surface area contributed by atoms with Gasteiger partial charge in [-0.25, -0.2) is 0 Å². The van der Waals surface area contributed by atoms with Crippen molar-refractivity contribution in [2.24, 2.45) is 5.92 Å². The predicted molar refractivity (Wildman–Crippen MR) is 103 cm³/mol. The minimum Gasteiger partial charge on any atom is -0.352 e. The van der Waals surface area contributed by atoms with E-state index in [4.69, 9.17) is 0 Å². The van der Waals surface area contributed by atoms with Gasteiger partial charge in [0.05, 0.1) is 10.8 Å². The summed E-state index contributed by atoms with van der Waals surface area (Å²) in [6.07, 6.45) is 8.22. The third-order valence-electron chi connectivity index (χ3n) is 6.22. The number of likely N-dealkylation sites (tertiary alicyclic amines) is 2. The summed E-state index contributed by atoms with van der Waals surface area (Å²) in [7, 11) is 0. The molecule has 1 aromatic rings. The summed E-state index contributed by atoms with van der Waals surface area (Å²) in [5.41, 5.74) is 0. The maximum absolute atomic E-state index is 12.8. The Kier molecular flexibility index (Phi) is 5.60. The Bertz CT molecular complexity index is 627. The Morgan fingerprint density at radius 3 is 2.65 bits per heavy atom. The van der Waals surface area contributed by atoms with E-state index >= 15 is 0 Å². The van der Waals surface area contributed by atoms with Crippen LogP contribution in [0.4, 0.5) is 0 Å². The molecule has 5 nitrogen and oxygen atoms in total. The van der Waals surface area contributed by atoms with Crippen molar-refractivity contribution in [2.45, 2.75) is 57.0 Å². The highest BCUT2D eigenvalue weighted by Crippen LogP contribution is 2.27.